The highest BCUT2D eigenvalue weighted by molar-refractivity contribution is 7.11. The quantitative estimate of drug-likeness (QED) is 0.487. The average molecular weight is 431 g/mol. The molecule has 1 unspecified atom stereocenters. The van der Waals surface area contributed by atoms with Gasteiger partial charge in [-0.15, -0.1) is 11.3 Å². The summed E-state index contributed by atoms with van der Waals surface area (Å²) < 4.78 is 0. The predicted octanol–water partition coefficient (Wildman–Crippen LogP) is 5.86. The zero-order chi connectivity index (χ0) is 19.7. The number of fused-ring (bicyclic) bond motifs is 1. The molecule has 0 bridgehead atoms. The van der Waals surface area contributed by atoms with Gasteiger partial charge >= 0.3 is 0 Å². The normalized spacial score (nSPS) is 15.9. The summed E-state index contributed by atoms with van der Waals surface area (Å²) in [6.07, 6.45) is 2.63. The first-order chi connectivity index (χ1) is 13.5. The van der Waals surface area contributed by atoms with Gasteiger partial charge in [0.2, 0.25) is 0 Å². The Balaban J connectivity index is 1.64. The minimum Gasteiger partial charge on any atom is -0.306 e. The monoisotopic (exact) mass is 430 g/mol. The maximum Gasteiger partial charge on any atom is 0.287 e. The van der Waals surface area contributed by atoms with Crippen molar-refractivity contribution < 1.29 is 9.59 Å². The minimum atomic E-state index is -0.144. The zero-order valence-electron chi connectivity index (χ0n) is 14.8. The van der Waals surface area contributed by atoms with E-state index in [1.165, 1.54) is 11.3 Å². The first-order valence-corrected chi connectivity index (χ1v) is 10.5. The summed E-state index contributed by atoms with van der Waals surface area (Å²) in [7, 11) is 0. The lowest BCUT2D eigenvalue weighted by Gasteiger charge is -2.34. The number of rotatable bonds is 4. The Morgan fingerprint density at radius 2 is 2.00 bits per heavy atom. The average Bonchev–Trinajstić information content (AvgIpc) is 3.22. The van der Waals surface area contributed by atoms with Crippen LogP contribution in [0.1, 0.15) is 44.5 Å². The molecule has 2 heterocycles. The largest absolute Gasteiger partial charge is 0.306 e. The smallest absolute Gasteiger partial charge is 0.287 e. The van der Waals surface area contributed by atoms with Crippen molar-refractivity contribution in [3.05, 3.63) is 80.2 Å². The predicted molar refractivity (Wildman–Crippen MR) is 113 cm³/mol. The van der Waals surface area contributed by atoms with E-state index >= 15 is 0 Å². The fourth-order valence-corrected chi connectivity index (χ4v) is 4.54. The van der Waals surface area contributed by atoms with Crippen molar-refractivity contribution in [2.75, 3.05) is 11.4 Å². The van der Waals surface area contributed by atoms with Crippen molar-refractivity contribution in [3.8, 4) is 0 Å². The molecule has 1 amide bonds. The number of nitrogens with zero attached hydrogens (tertiary/aromatic N) is 2. The van der Waals surface area contributed by atoms with E-state index in [0.717, 1.165) is 11.3 Å². The molecule has 0 N–H and O–H groups in total. The Morgan fingerprint density at radius 1 is 1.18 bits per heavy atom. The first kappa shape index (κ1) is 19.1. The number of benzene rings is 2. The van der Waals surface area contributed by atoms with Gasteiger partial charge in [0.15, 0.2) is 10.8 Å². The van der Waals surface area contributed by atoms with Crippen LogP contribution in [0.15, 0.2) is 54.0 Å². The van der Waals surface area contributed by atoms with Crippen LogP contribution in [0.4, 0.5) is 5.69 Å². The van der Waals surface area contributed by atoms with Crippen molar-refractivity contribution in [2.24, 2.45) is 0 Å². The Bertz CT molecular complexity index is 1040. The number of amides is 1. The molecule has 1 aromatic heterocycles. The highest BCUT2D eigenvalue weighted by Gasteiger charge is 2.32. The van der Waals surface area contributed by atoms with Crippen LogP contribution in [0.2, 0.25) is 10.0 Å². The van der Waals surface area contributed by atoms with E-state index in [2.05, 4.69) is 4.98 Å². The van der Waals surface area contributed by atoms with Crippen molar-refractivity contribution >= 4 is 51.9 Å². The second-order valence-corrected chi connectivity index (χ2v) is 8.33. The molecule has 7 heteroatoms. The van der Waals surface area contributed by atoms with E-state index in [-0.39, 0.29) is 17.6 Å². The highest BCUT2D eigenvalue weighted by Crippen LogP contribution is 2.40. The molecule has 1 atom stereocenters. The van der Waals surface area contributed by atoms with Gasteiger partial charge in [0.1, 0.15) is 0 Å². The van der Waals surface area contributed by atoms with E-state index in [9.17, 15) is 9.59 Å². The van der Waals surface area contributed by atoms with Gasteiger partial charge in [-0.2, -0.15) is 0 Å². The molecular weight excluding hydrogens is 415 g/mol. The summed E-state index contributed by atoms with van der Waals surface area (Å²) in [5, 5.41) is 3.23. The first-order valence-electron chi connectivity index (χ1n) is 8.83. The molecule has 0 aliphatic carbocycles. The van der Waals surface area contributed by atoms with Gasteiger partial charge in [-0.05, 0) is 42.2 Å². The number of aromatic nitrogens is 1. The Labute approximate surface area is 176 Å². The van der Waals surface area contributed by atoms with Crippen LogP contribution in [0.5, 0.6) is 0 Å². The molecule has 2 aromatic carbocycles. The molecule has 142 valence electrons. The lowest BCUT2D eigenvalue weighted by atomic mass is 9.85. The van der Waals surface area contributed by atoms with E-state index < -0.39 is 0 Å². The molecule has 0 radical (unpaired) electrons. The Kier molecular flexibility index (Phi) is 5.49. The lowest BCUT2D eigenvalue weighted by Crippen LogP contribution is -2.37. The number of thiazole rings is 1. The summed E-state index contributed by atoms with van der Waals surface area (Å²) >= 11 is 13.7. The van der Waals surface area contributed by atoms with Crippen molar-refractivity contribution in [1.29, 1.82) is 0 Å². The fourth-order valence-electron chi connectivity index (χ4n) is 3.55. The summed E-state index contributed by atoms with van der Waals surface area (Å²) in [6.45, 7) is 0.506. The van der Waals surface area contributed by atoms with Crippen LogP contribution in [0, 0.1) is 0 Å². The van der Waals surface area contributed by atoms with Gasteiger partial charge in [-0.1, -0.05) is 41.4 Å². The summed E-state index contributed by atoms with van der Waals surface area (Å²) in [5.41, 5.74) is 2.22. The number of halogens is 2. The molecule has 0 spiro atoms. The van der Waals surface area contributed by atoms with Gasteiger partial charge in [-0.25, -0.2) is 4.98 Å². The summed E-state index contributed by atoms with van der Waals surface area (Å²) in [4.78, 5) is 31.5. The van der Waals surface area contributed by atoms with E-state index in [1.54, 1.807) is 46.8 Å². The third-order valence-electron chi connectivity index (χ3n) is 4.89. The van der Waals surface area contributed by atoms with Crippen molar-refractivity contribution in [2.45, 2.75) is 18.8 Å². The van der Waals surface area contributed by atoms with Gasteiger partial charge in [0.05, 0.1) is 5.02 Å². The highest BCUT2D eigenvalue weighted by atomic mass is 35.5. The number of hydrogen-bond acceptors (Lipinski definition) is 4. The van der Waals surface area contributed by atoms with Crippen LogP contribution in [0.3, 0.4) is 0 Å². The van der Waals surface area contributed by atoms with E-state index in [1.807, 2.05) is 12.1 Å². The third kappa shape index (κ3) is 3.70. The van der Waals surface area contributed by atoms with Gasteiger partial charge in [-0.3, -0.25) is 9.59 Å². The number of ketones is 1. The fraction of sp³-hybridized carbons (Fsp3) is 0.190. The van der Waals surface area contributed by atoms with E-state index in [4.69, 9.17) is 23.2 Å². The maximum atomic E-state index is 12.9. The van der Waals surface area contributed by atoms with Crippen LogP contribution < -0.4 is 4.90 Å². The number of anilines is 1. The maximum absolute atomic E-state index is 12.9. The number of hydrogen-bond donors (Lipinski definition) is 0. The molecule has 28 heavy (non-hydrogen) atoms. The van der Waals surface area contributed by atoms with Gasteiger partial charge < -0.3 is 4.90 Å². The van der Waals surface area contributed by atoms with E-state index in [0.29, 0.717) is 40.0 Å². The van der Waals surface area contributed by atoms with Crippen LogP contribution in [0.25, 0.3) is 0 Å². The van der Waals surface area contributed by atoms with Crippen LogP contribution in [-0.2, 0) is 0 Å². The second-order valence-electron chi connectivity index (χ2n) is 6.59. The number of carbonyl (C=O) groups is 2. The molecule has 4 nitrogen and oxygen atoms in total. The molecule has 1 aliphatic heterocycles. The minimum absolute atomic E-state index is 0.00335. The SMILES string of the molecule is O=C(CC1CCN(C(=O)c2nccs2)c2cc(Cl)ccc21)c1ccccc1Cl. The molecule has 0 saturated heterocycles. The molecule has 0 fully saturated rings. The van der Waals surface area contributed by atoms with Crippen LogP contribution >= 0.6 is 34.5 Å². The van der Waals surface area contributed by atoms with Gasteiger partial charge in [0, 0.05) is 40.8 Å². The standard InChI is InChI=1S/C21H16Cl2N2O2S/c22-14-5-6-15-13(11-19(26)16-3-1-2-4-17(16)23)7-9-25(18(15)12-14)21(27)20-24-8-10-28-20/h1-6,8,10,12-13H,7,9,11H2. The van der Waals surface area contributed by atoms with Crippen LogP contribution in [-0.4, -0.2) is 23.2 Å². The van der Waals surface area contributed by atoms with Gasteiger partial charge in [0.25, 0.3) is 5.91 Å². The lowest BCUT2D eigenvalue weighted by molar-refractivity contribution is 0.0970. The topological polar surface area (TPSA) is 50.3 Å². The molecule has 3 aromatic rings. The Morgan fingerprint density at radius 3 is 2.75 bits per heavy atom. The second kappa shape index (κ2) is 8.03. The summed E-state index contributed by atoms with van der Waals surface area (Å²) in [5.74, 6) is -0.151. The zero-order valence-corrected chi connectivity index (χ0v) is 17.1. The summed E-state index contributed by atoms with van der Waals surface area (Å²) in [6, 6.07) is 12.6. The van der Waals surface area contributed by atoms with Crippen molar-refractivity contribution in [3.63, 3.8) is 0 Å². The third-order valence-corrected chi connectivity index (χ3v) is 6.22. The number of Topliss-reactive ketones (excluding diaryl/α,β-unsaturated/α-hetero) is 1. The van der Waals surface area contributed by atoms with Crippen molar-refractivity contribution in [1.82, 2.24) is 4.98 Å². The molecule has 1 aliphatic rings. The molecule has 0 saturated carbocycles. The molecular formula is C21H16Cl2N2O2S. The molecule has 4 rings (SSSR count). The Hall–Kier alpha value is -2.21. The number of carbonyl (C=O) groups excluding carboxylic acids is 2.